The number of nitrogens with zero attached hydrogens (tertiary/aromatic N) is 2. The van der Waals surface area contributed by atoms with Crippen molar-refractivity contribution in [3.05, 3.63) is 114 Å². The van der Waals surface area contributed by atoms with Gasteiger partial charge < -0.3 is 19.5 Å². The molecule has 5 rings (SSSR count). The molecule has 0 fully saturated rings. The van der Waals surface area contributed by atoms with Crippen molar-refractivity contribution >= 4 is 11.7 Å². The van der Waals surface area contributed by atoms with Crippen LogP contribution in [0.15, 0.2) is 91.1 Å². The molecule has 0 saturated heterocycles. The van der Waals surface area contributed by atoms with Gasteiger partial charge in [0, 0.05) is 17.6 Å². The molecule has 1 aliphatic heterocycles. The Labute approximate surface area is 207 Å². The van der Waals surface area contributed by atoms with Gasteiger partial charge in [-0.1, -0.05) is 56.3 Å². The third-order valence-corrected chi connectivity index (χ3v) is 6.56. The Kier molecular flexibility index (Phi) is 6.32. The third kappa shape index (κ3) is 4.54. The molecule has 5 nitrogen and oxygen atoms in total. The molecule has 0 saturated carbocycles. The van der Waals surface area contributed by atoms with Crippen LogP contribution in [0.2, 0.25) is 0 Å². The number of para-hydroxylation sites is 1. The maximum Gasteiger partial charge on any atom is 0.322 e. The molecule has 1 aliphatic rings. The van der Waals surface area contributed by atoms with Crippen LogP contribution in [0, 0.1) is 0 Å². The molecule has 1 unspecified atom stereocenters. The molecular weight excluding hydrogens is 434 g/mol. The average Bonchev–Trinajstić information content (AvgIpc) is 3.30. The molecule has 0 spiro atoms. The highest BCUT2D eigenvalue weighted by Crippen LogP contribution is 2.37. The number of benzene rings is 3. The van der Waals surface area contributed by atoms with Crippen LogP contribution >= 0.6 is 0 Å². The quantitative estimate of drug-likeness (QED) is 0.341. The van der Waals surface area contributed by atoms with E-state index in [1.165, 1.54) is 5.56 Å². The second kappa shape index (κ2) is 9.71. The number of urea groups is 1. The van der Waals surface area contributed by atoms with Crippen LogP contribution in [-0.4, -0.2) is 22.1 Å². The van der Waals surface area contributed by atoms with Gasteiger partial charge in [0.2, 0.25) is 0 Å². The lowest BCUT2D eigenvalue weighted by Crippen LogP contribution is -2.37. The van der Waals surface area contributed by atoms with E-state index in [2.05, 4.69) is 78.5 Å². The van der Waals surface area contributed by atoms with Gasteiger partial charge in [0.1, 0.15) is 5.75 Å². The van der Waals surface area contributed by atoms with Crippen molar-refractivity contribution < 1.29 is 9.53 Å². The number of nitrogens with one attached hydrogen (secondary N) is 1. The molecule has 5 heteroatoms. The number of hydrogen-bond acceptors (Lipinski definition) is 2. The molecule has 1 N–H and O–H groups in total. The van der Waals surface area contributed by atoms with E-state index in [1.807, 2.05) is 48.2 Å². The SMILES string of the molecule is CCOc1ccc(NC(=O)N2Cc3ccccc3-n3cccc3C2c2ccc(C(C)C)cc2)cc1. The summed E-state index contributed by atoms with van der Waals surface area (Å²) < 4.78 is 7.75. The molecular formula is C30H31N3O2. The standard InChI is InChI=1S/C30H31N3O2/c1-4-35-26-17-15-25(16-18-26)31-30(34)33-20-24-8-5-6-9-27(24)32-19-7-10-28(32)29(33)23-13-11-22(12-14-23)21(2)3/h5-19,21,29H,4,20H2,1-3H3,(H,31,34). The molecule has 0 bridgehead atoms. The number of rotatable bonds is 5. The number of fused-ring (bicyclic) bond motifs is 3. The lowest BCUT2D eigenvalue weighted by atomic mass is 9.97. The number of hydrogen-bond donors (Lipinski definition) is 1. The normalized spacial score (nSPS) is 14.7. The van der Waals surface area contributed by atoms with Gasteiger partial charge in [-0.3, -0.25) is 0 Å². The van der Waals surface area contributed by atoms with Crippen molar-refractivity contribution in [2.45, 2.75) is 39.3 Å². The molecule has 0 aliphatic carbocycles. The second-order valence-electron chi connectivity index (χ2n) is 9.17. The van der Waals surface area contributed by atoms with Gasteiger partial charge in [-0.05, 0) is 72.0 Å². The summed E-state index contributed by atoms with van der Waals surface area (Å²) in [5.41, 5.74) is 6.38. The van der Waals surface area contributed by atoms with Crippen LogP contribution in [0.3, 0.4) is 0 Å². The Bertz CT molecular complexity index is 1310. The summed E-state index contributed by atoms with van der Waals surface area (Å²) in [6, 6.07) is 28.3. The smallest absolute Gasteiger partial charge is 0.322 e. The molecule has 178 valence electrons. The zero-order valence-electron chi connectivity index (χ0n) is 20.4. The van der Waals surface area contributed by atoms with Gasteiger partial charge in [0.15, 0.2) is 0 Å². The van der Waals surface area contributed by atoms with Crippen molar-refractivity contribution in [2.75, 3.05) is 11.9 Å². The Morgan fingerprint density at radius 3 is 2.43 bits per heavy atom. The number of ether oxygens (including phenoxy) is 1. The molecule has 1 aromatic heterocycles. The summed E-state index contributed by atoms with van der Waals surface area (Å²) in [7, 11) is 0. The Hall–Kier alpha value is -3.99. The minimum Gasteiger partial charge on any atom is -0.494 e. The molecule has 2 amide bonds. The van der Waals surface area contributed by atoms with Gasteiger partial charge in [-0.25, -0.2) is 4.79 Å². The maximum atomic E-state index is 13.8. The van der Waals surface area contributed by atoms with E-state index >= 15 is 0 Å². The number of carbonyl (C=O) groups excluding carboxylic acids is 1. The summed E-state index contributed by atoms with van der Waals surface area (Å²) >= 11 is 0. The van der Waals surface area contributed by atoms with Crippen molar-refractivity contribution in [2.24, 2.45) is 0 Å². The minimum atomic E-state index is -0.235. The van der Waals surface area contributed by atoms with Crippen LogP contribution in [-0.2, 0) is 6.54 Å². The summed E-state index contributed by atoms with van der Waals surface area (Å²) in [5.74, 6) is 1.24. The monoisotopic (exact) mass is 465 g/mol. The highest BCUT2D eigenvalue weighted by molar-refractivity contribution is 5.90. The highest BCUT2D eigenvalue weighted by Gasteiger charge is 2.33. The third-order valence-electron chi connectivity index (χ3n) is 6.56. The van der Waals surface area contributed by atoms with Crippen LogP contribution in [0.4, 0.5) is 10.5 Å². The summed E-state index contributed by atoms with van der Waals surface area (Å²) in [4.78, 5) is 15.7. The number of amides is 2. The van der Waals surface area contributed by atoms with E-state index in [9.17, 15) is 4.79 Å². The Morgan fingerprint density at radius 2 is 1.71 bits per heavy atom. The number of aromatic nitrogens is 1. The molecule has 0 radical (unpaired) electrons. The van der Waals surface area contributed by atoms with E-state index < -0.39 is 0 Å². The fraction of sp³-hybridized carbons (Fsp3) is 0.233. The fourth-order valence-corrected chi connectivity index (χ4v) is 4.75. The van der Waals surface area contributed by atoms with E-state index in [1.54, 1.807) is 0 Å². The summed E-state index contributed by atoms with van der Waals surface area (Å²) in [6.45, 7) is 7.45. The Balaban J connectivity index is 1.55. The maximum absolute atomic E-state index is 13.8. The lowest BCUT2D eigenvalue weighted by molar-refractivity contribution is 0.194. The summed E-state index contributed by atoms with van der Waals surface area (Å²) in [5, 5.41) is 3.11. The average molecular weight is 466 g/mol. The van der Waals surface area contributed by atoms with Crippen molar-refractivity contribution in [3.63, 3.8) is 0 Å². The van der Waals surface area contributed by atoms with Crippen molar-refractivity contribution in [1.29, 1.82) is 0 Å². The first-order valence-electron chi connectivity index (χ1n) is 12.2. The molecule has 3 aromatic carbocycles. The molecule has 35 heavy (non-hydrogen) atoms. The van der Waals surface area contributed by atoms with Crippen LogP contribution in [0.5, 0.6) is 5.75 Å². The van der Waals surface area contributed by atoms with E-state index in [-0.39, 0.29) is 12.1 Å². The van der Waals surface area contributed by atoms with E-state index in [4.69, 9.17) is 4.74 Å². The summed E-state index contributed by atoms with van der Waals surface area (Å²) in [6.07, 6.45) is 2.08. The van der Waals surface area contributed by atoms with E-state index in [0.717, 1.165) is 33.9 Å². The van der Waals surface area contributed by atoms with Crippen LogP contribution < -0.4 is 10.1 Å². The largest absolute Gasteiger partial charge is 0.494 e. The van der Waals surface area contributed by atoms with Crippen LogP contribution in [0.25, 0.3) is 5.69 Å². The predicted molar refractivity (Wildman–Crippen MR) is 140 cm³/mol. The fourth-order valence-electron chi connectivity index (χ4n) is 4.75. The predicted octanol–water partition coefficient (Wildman–Crippen LogP) is 7.14. The zero-order chi connectivity index (χ0) is 24.4. The highest BCUT2D eigenvalue weighted by atomic mass is 16.5. The van der Waals surface area contributed by atoms with Gasteiger partial charge in [0.25, 0.3) is 0 Å². The number of anilines is 1. The van der Waals surface area contributed by atoms with Gasteiger partial charge in [0.05, 0.1) is 24.9 Å². The molecule has 4 aromatic rings. The molecule has 2 heterocycles. The first kappa shape index (κ1) is 22.8. The zero-order valence-corrected chi connectivity index (χ0v) is 20.4. The topological polar surface area (TPSA) is 46.5 Å². The van der Waals surface area contributed by atoms with Crippen LogP contribution in [0.1, 0.15) is 55.1 Å². The van der Waals surface area contributed by atoms with E-state index in [0.29, 0.717) is 19.1 Å². The lowest BCUT2D eigenvalue weighted by Gasteiger charge is -2.31. The van der Waals surface area contributed by atoms with Gasteiger partial charge in [-0.15, -0.1) is 0 Å². The van der Waals surface area contributed by atoms with Crippen molar-refractivity contribution in [3.8, 4) is 11.4 Å². The number of carbonyl (C=O) groups is 1. The first-order chi connectivity index (χ1) is 17.0. The minimum absolute atomic E-state index is 0.142. The molecule has 1 atom stereocenters. The Morgan fingerprint density at radius 1 is 0.971 bits per heavy atom. The van der Waals surface area contributed by atoms with Crippen molar-refractivity contribution in [1.82, 2.24) is 9.47 Å². The van der Waals surface area contributed by atoms with Gasteiger partial charge >= 0.3 is 6.03 Å². The van der Waals surface area contributed by atoms with Gasteiger partial charge in [-0.2, -0.15) is 0 Å². The second-order valence-corrected chi connectivity index (χ2v) is 9.17. The first-order valence-corrected chi connectivity index (χ1v) is 12.2.